The molecule has 0 bridgehead atoms. The maximum Gasteiger partial charge on any atom is 0.144 e. The number of nitrogens with zero attached hydrogens (tertiary/aromatic N) is 1. The molecular weight excluding hydrogens is 316 g/mol. The second-order valence-corrected chi connectivity index (χ2v) is 7.99. The second-order valence-electron chi connectivity index (χ2n) is 7.99. The van der Waals surface area contributed by atoms with E-state index < -0.39 is 17.2 Å². The third-order valence-electron chi connectivity index (χ3n) is 6.14. The van der Waals surface area contributed by atoms with Crippen LogP contribution < -0.4 is 0 Å². The molecule has 1 aromatic rings. The first-order chi connectivity index (χ1) is 12.1. The highest BCUT2D eigenvalue weighted by Crippen LogP contribution is 2.38. The molecule has 3 heteroatoms. The van der Waals surface area contributed by atoms with Crippen molar-refractivity contribution in [2.45, 2.75) is 64.2 Å². The van der Waals surface area contributed by atoms with Gasteiger partial charge in [0.25, 0.3) is 0 Å². The van der Waals surface area contributed by atoms with Gasteiger partial charge < -0.3 is 0 Å². The first kappa shape index (κ1) is 18.1. The third kappa shape index (κ3) is 4.48. The summed E-state index contributed by atoms with van der Waals surface area (Å²) in [6, 6.07) is 4.30. The highest BCUT2D eigenvalue weighted by atomic mass is 19.1. The normalized spacial score (nSPS) is 30.3. The molecule has 0 spiro atoms. The van der Waals surface area contributed by atoms with E-state index in [1.807, 2.05) is 0 Å². The van der Waals surface area contributed by atoms with Gasteiger partial charge in [0, 0.05) is 0 Å². The summed E-state index contributed by atoms with van der Waals surface area (Å²) >= 11 is 0. The Bertz CT molecular complexity index is 634. The zero-order chi connectivity index (χ0) is 17.8. The summed E-state index contributed by atoms with van der Waals surface area (Å²) in [6.45, 7) is 2.34. The van der Waals surface area contributed by atoms with Crippen LogP contribution in [-0.4, -0.2) is 0 Å². The average Bonchev–Trinajstić information content (AvgIpc) is 2.61. The van der Waals surface area contributed by atoms with Gasteiger partial charge in [-0.05, 0) is 79.9 Å². The van der Waals surface area contributed by atoms with E-state index in [0.717, 1.165) is 37.5 Å². The van der Waals surface area contributed by atoms with Crippen molar-refractivity contribution in [2.24, 2.45) is 17.8 Å². The summed E-state index contributed by atoms with van der Waals surface area (Å²) < 4.78 is 27.6. The average molecular weight is 343 g/mol. The van der Waals surface area contributed by atoms with E-state index in [9.17, 15) is 8.78 Å². The third-order valence-corrected chi connectivity index (χ3v) is 6.14. The molecule has 1 nitrogen and oxygen atoms in total. The van der Waals surface area contributed by atoms with Crippen molar-refractivity contribution in [1.82, 2.24) is 0 Å². The van der Waals surface area contributed by atoms with Crippen molar-refractivity contribution >= 4 is 0 Å². The van der Waals surface area contributed by atoms with Crippen LogP contribution in [0.25, 0.3) is 0 Å². The monoisotopic (exact) mass is 343 g/mol. The zero-order valence-corrected chi connectivity index (χ0v) is 15.0. The SMILES string of the molecule is C[C@H]1CC[C@H](/C=C/C2CCC(c3cc(F)c(C#N)c(F)c3)CC2)CC1. The molecule has 2 saturated carbocycles. The Balaban J connectivity index is 1.54. The molecule has 3 rings (SSSR count). The van der Waals surface area contributed by atoms with E-state index in [0.29, 0.717) is 11.5 Å². The van der Waals surface area contributed by atoms with Gasteiger partial charge >= 0.3 is 0 Å². The zero-order valence-electron chi connectivity index (χ0n) is 15.0. The molecule has 1 aromatic carbocycles. The molecule has 0 unspecified atom stereocenters. The van der Waals surface area contributed by atoms with Crippen LogP contribution in [0.2, 0.25) is 0 Å². The molecule has 0 atom stereocenters. The molecule has 0 radical (unpaired) electrons. The van der Waals surface area contributed by atoms with E-state index in [1.54, 1.807) is 6.07 Å². The minimum absolute atomic E-state index is 0.205. The Labute approximate surface area is 149 Å². The lowest BCUT2D eigenvalue weighted by atomic mass is 9.77. The number of hydrogen-bond acceptors (Lipinski definition) is 1. The number of benzene rings is 1. The number of nitriles is 1. The molecule has 0 amide bonds. The van der Waals surface area contributed by atoms with Crippen molar-refractivity contribution in [1.29, 1.82) is 5.26 Å². The second kappa shape index (κ2) is 8.13. The molecule has 0 N–H and O–H groups in total. The molecule has 0 heterocycles. The van der Waals surface area contributed by atoms with E-state index >= 15 is 0 Å². The summed E-state index contributed by atoms with van der Waals surface area (Å²) in [4.78, 5) is 0. The lowest BCUT2D eigenvalue weighted by molar-refractivity contribution is 0.326. The highest BCUT2D eigenvalue weighted by molar-refractivity contribution is 5.36. The van der Waals surface area contributed by atoms with Crippen LogP contribution in [0.15, 0.2) is 24.3 Å². The predicted molar refractivity (Wildman–Crippen MR) is 96.0 cm³/mol. The van der Waals surface area contributed by atoms with Crippen LogP contribution in [-0.2, 0) is 0 Å². The Kier molecular flexibility index (Phi) is 5.89. The highest BCUT2D eigenvalue weighted by Gasteiger charge is 2.24. The molecule has 2 aliphatic rings. The van der Waals surface area contributed by atoms with Gasteiger partial charge in [-0.3, -0.25) is 0 Å². The standard InChI is InChI=1S/C22H27F2N/c1-15-2-4-16(5-3-15)6-7-17-8-10-18(11-9-17)19-12-21(23)20(14-25)22(24)13-19/h6-7,12-13,15-18H,2-5,8-11H2,1H3/b7-6+/t15-,16-,17?,18?. The van der Waals surface area contributed by atoms with E-state index in [2.05, 4.69) is 19.1 Å². The van der Waals surface area contributed by atoms with Crippen molar-refractivity contribution in [3.8, 4) is 6.07 Å². The molecule has 0 aromatic heterocycles. The fraction of sp³-hybridized carbons (Fsp3) is 0.591. The first-order valence-corrected chi connectivity index (χ1v) is 9.64. The van der Waals surface area contributed by atoms with Gasteiger partial charge in [-0.15, -0.1) is 0 Å². The smallest absolute Gasteiger partial charge is 0.144 e. The number of halogens is 2. The van der Waals surface area contributed by atoms with Crippen molar-refractivity contribution < 1.29 is 8.78 Å². The van der Waals surface area contributed by atoms with Crippen LogP contribution >= 0.6 is 0 Å². The fourth-order valence-corrected chi connectivity index (χ4v) is 4.37. The number of hydrogen-bond donors (Lipinski definition) is 0. The molecule has 25 heavy (non-hydrogen) atoms. The van der Waals surface area contributed by atoms with Gasteiger partial charge in [0.05, 0.1) is 0 Å². The summed E-state index contributed by atoms with van der Waals surface area (Å²) in [5.41, 5.74) is 0.236. The predicted octanol–water partition coefficient (Wildman–Crippen LogP) is 6.49. The maximum atomic E-state index is 13.8. The van der Waals surface area contributed by atoms with Gasteiger partial charge in [0.1, 0.15) is 23.3 Å². The van der Waals surface area contributed by atoms with Crippen LogP contribution in [0.5, 0.6) is 0 Å². The van der Waals surface area contributed by atoms with Gasteiger partial charge in [-0.1, -0.05) is 31.9 Å². The van der Waals surface area contributed by atoms with Gasteiger partial charge in [-0.2, -0.15) is 5.26 Å². The van der Waals surface area contributed by atoms with Crippen molar-refractivity contribution in [2.75, 3.05) is 0 Å². The molecule has 0 aliphatic heterocycles. The Morgan fingerprint density at radius 2 is 1.36 bits per heavy atom. The Hall–Kier alpha value is -1.69. The molecule has 2 fully saturated rings. The summed E-state index contributed by atoms with van der Waals surface area (Å²) in [5, 5.41) is 8.78. The van der Waals surface area contributed by atoms with Gasteiger partial charge in [0.15, 0.2) is 0 Å². The fourth-order valence-electron chi connectivity index (χ4n) is 4.37. The van der Waals surface area contributed by atoms with E-state index in [-0.39, 0.29) is 5.92 Å². The van der Waals surface area contributed by atoms with Gasteiger partial charge in [-0.25, -0.2) is 8.78 Å². The van der Waals surface area contributed by atoms with Crippen molar-refractivity contribution in [3.63, 3.8) is 0 Å². The topological polar surface area (TPSA) is 23.8 Å². The quantitative estimate of drug-likeness (QED) is 0.575. The minimum Gasteiger partial charge on any atom is -0.205 e. The molecule has 2 aliphatic carbocycles. The maximum absolute atomic E-state index is 13.8. The van der Waals surface area contributed by atoms with Crippen LogP contribution in [0.4, 0.5) is 8.78 Å². The van der Waals surface area contributed by atoms with E-state index in [4.69, 9.17) is 5.26 Å². The van der Waals surface area contributed by atoms with Crippen LogP contribution in [0, 0.1) is 40.7 Å². The summed E-state index contributed by atoms with van der Waals surface area (Å²) in [5.74, 6) is 0.974. The Morgan fingerprint density at radius 3 is 1.84 bits per heavy atom. The lowest BCUT2D eigenvalue weighted by Gasteiger charge is -2.28. The van der Waals surface area contributed by atoms with Crippen LogP contribution in [0.3, 0.4) is 0 Å². The molecule has 0 saturated heterocycles. The lowest BCUT2D eigenvalue weighted by Crippen LogP contribution is -2.14. The van der Waals surface area contributed by atoms with Gasteiger partial charge in [0.2, 0.25) is 0 Å². The summed E-state index contributed by atoms with van der Waals surface area (Å²) in [6.07, 6.45) is 14.2. The molecule has 134 valence electrons. The van der Waals surface area contributed by atoms with Crippen molar-refractivity contribution in [3.05, 3.63) is 47.0 Å². The number of rotatable bonds is 3. The minimum atomic E-state index is -0.731. The van der Waals surface area contributed by atoms with E-state index in [1.165, 1.54) is 37.8 Å². The first-order valence-electron chi connectivity index (χ1n) is 9.64. The van der Waals surface area contributed by atoms with Crippen LogP contribution in [0.1, 0.15) is 75.3 Å². The Morgan fingerprint density at radius 1 is 0.880 bits per heavy atom. The largest absolute Gasteiger partial charge is 0.205 e. The number of allylic oxidation sites excluding steroid dienone is 2. The molecular formula is C22H27F2N. The summed E-state index contributed by atoms with van der Waals surface area (Å²) in [7, 11) is 0.